The van der Waals surface area contributed by atoms with Crippen molar-refractivity contribution in [3.63, 3.8) is 0 Å². The van der Waals surface area contributed by atoms with Gasteiger partial charge in [0.15, 0.2) is 11.2 Å². The van der Waals surface area contributed by atoms with Crippen LogP contribution < -0.4 is 15.3 Å². The highest BCUT2D eigenvalue weighted by Gasteiger charge is 2.51. The number of anilines is 6. The van der Waals surface area contributed by atoms with Gasteiger partial charge >= 0.3 is 7.12 Å². The van der Waals surface area contributed by atoms with Crippen molar-refractivity contribution in [3.05, 3.63) is 368 Å². The summed E-state index contributed by atoms with van der Waals surface area (Å²) in [7, 11) is -0.409. The molecule has 0 bridgehead atoms. The predicted molar refractivity (Wildman–Crippen MR) is 444 cm³/mol. The Morgan fingerprint density at radius 1 is 0.283 bits per heavy atom. The van der Waals surface area contributed by atoms with Crippen molar-refractivity contribution >= 4 is 128 Å². The van der Waals surface area contributed by atoms with Crippen molar-refractivity contribution in [2.75, 3.05) is 9.80 Å². The minimum Gasteiger partial charge on any atom is -0.435 e. The van der Waals surface area contributed by atoms with Gasteiger partial charge in [-0.3, -0.25) is 0 Å². The molecule has 8 nitrogen and oxygen atoms in total. The molecule has 18 aromatic rings. The van der Waals surface area contributed by atoms with Crippen molar-refractivity contribution in [2.45, 2.75) is 38.9 Å². The summed E-state index contributed by atoms with van der Waals surface area (Å²) in [5.74, 6) is 1.27. The van der Waals surface area contributed by atoms with Gasteiger partial charge in [-0.15, -0.1) is 0 Å². The van der Waals surface area contributed by atoms with Gasteiger partial charge in [-0.05, 0) is 226 Å². The zero-order chi connectivity index (χ0) is 71.7. The van der Waals surface area contributed by atoms with Crippen LogP contribution in [-0.2, 0) is 9.31 Å². The fourth-order valence-corrected chi connectivity index (χ4v) is 14.3. The third-order valence-electron chi connectivity index (χ3n) is 20.3. The summed E-state index contributed by atoms with van der Waals surface area (Å²) >= 11 is 3.52. The van der Waals surface area contributed by atoms with Gasteiger partial charge in [0.25, 0.3) is 0 Å². The van der Waals surface area contributed by atoms with Gasteiger partial charge in [-0.25, -0.2) is 9.97 Å². The second-order valence-corrected chi connectivity index (χ2v) is 28.5. The van der Waals surface area contributed by atoms with Crippen LogP contribution in [0.5, 0.6) is 0 Å². The molecule has 1 saturated heterocycles. The summed E-state index contributed by atoms with van der Waals surface area (Å²) in [5, 5.41) is 8.98. The van der Waals surface area contributed by atoms with E-state index in [4.69, 9.17) is 28.1 Å². The van der Waals surface area contributed by atoms with E-state index in [2.05, 4.69) is 339 Å². The maximum absolute atomic E-state index is 6.46. The number of para-hydroxylation sites is 2. The predicted octanol–water partition coefficient (Wildman–Crippen LogP) is 26.3. The average Bonchev–Trinajstić information content (AvgIpc) is 1.31. The molecule has 0 saturated carbocycles. The molecular formula is C96H72BBrN4O4. The second kappa shape index (κ2) is 28.7. The van der Waals surface area contributed by atoms with Crippen LogP contribution in [0, 0.1) is 0 Å². The number of hydrogen-bond acceptors (Lipinski definition) is 8. The van der Waals surface area contributed by atoms with E-state index in [-0.39, 0.29) is 11.2 Å². The highest BCUT2D eigenvalue weighted by Crippen LogP contribution is 2.43. The molecule has 106 heavy (non-hydrogen) atoms. The largest absolute Gasteiger partial charge is 0.494 e. The van der Waals surface area contributed by atoms with Crippen LogP contribution in [-0.4, -0.2) is 28.3 Å². The average molecular weight is 1440 g/mol. The quantitative estimate of drug-likeness (QED) is 0.0885. The summed E-state index contributed by atoms with van der Waals surface area (Å²) in [6.45, 7) is 8.30. The van der Waals surface area contributed by atoms with E-state index < -0.39 is 7.12 Å². The number of oxazole rings is 2. The molecular weight excluding hydrogens is 1360 g/mol. The molecule has 16 aromatic carbocycles. The number of nitrogens with zero attached hydrogens (tertiary/aromatic N) is 4. The molecule has 0 N–H and O–H groups in total. The molecule has 0 amide bonds. The number of fused-ring (bicyclic) bond motifs is 10. The van der Waals surface area contributed by atoms with E-state index in [9.17, 15) is 0 Å². The Morgan fingerprint density at radius 2 is 0.575 bits per heavy atom. The van der Waals surface area contributed by atoms with E-state index in [0.717, 1.165) is 126 Å². The lowest BCUT2D eigenvalue weighted by molar-refractivity contribution is 0.00578. The van der Waals surface area contributed by atoms with E-state index >= 15 is 0 Å². The third-order valence-corrected chi connectivity index (χ3v) is 20.9. The second-order valence-electron chi connectivity index (χ2n) is 27.6. The molecule has 3 heterocycles. The van der Waals surface area contributed by atoms with Crippen LogP contribution in [0.1, 0.15) is 27.7 Å². The number of aromatic nitrogens is 2. The number of benzene rings is 16. The smallest absolute Gasteiger partial charge is 0.435 e. The molecule has 0 atom stereocenters. The zero-order valence-corrected chi connectivity index (χ0v) is 60.6. The van der Waals surface area contributed by atoms with Crippen molar-refractivity contribution < 1.29 is 18.1 Å². The molecule has 1 aliphatic heterocycles. The highest BCUT2D eigenvalue weighted by molar-refractivity contribution is 9.10. The zero-order valence-electron chi connectivity index (χ0n) is 59.0. The van der Waals surface area contributed by atoms with Gasteiger partial charge in [-0.1, -0.05) is 253 Å². The minimum atomic E-state index is -0.409. The molecule has 10 heteroatoms. The monoisotopic (exact) mass is 1430 g/mol. The summed E-state index contributed by atoms with van der Waals surface area (Å²) in [5.41, 5.74) is 19.4. The molecule has 19 rings (SSSR count). The van der Waals surface area contributed by atoms with Crippen LogP contribution in [0.2, 0.25) is 0 Å². The summed E-state index contributed by atoms with van der Waals surface area (Å²) in [6, 6.07) is 127. The van der Waals surface area contributed by atoms with Crippen molar-refractivity contribution in [2.24, 2.45) is 0 Å². The molecule has 2 aromatic heterocycles. The topological polar surface area (TPSA) is 77.0 Å². The van der Waals surface area contributed by atoms with E-state index in [1.165, 1.54) is 27.6 Å². The first-order valence-corrected chi connectivity index (χ1v) is 36.6. The van der Waals surface area contributed by atoms with Gasteiger partial charge in [0.1, 0.15) is 11.0 Å². The number of hydrogen-bond donors (Lipinski definition) is 0. The summed E-state index contributed by atoms with van der Waals surface area (Å²) < 4.78 is 26.5. The van der Waals surface area contributed by atoms with Crippen LogP contribution in [0.3, 0.4) is 0 Å². The lowest BCUT2D eigenvalue weighted by Gasteiger charge is -2.32. The Kier molecular flexibility index (Phi) is 18.1. The van der Waals surface area contributed by atoms with E-state index in [1.54, 1.807) is 0 Å². The van der Waals surface area contributed by atoms with E-state index in [1.807, 2.05) is 78.9 Å². The van der Waals surface area contributed by atoms with Crippen LogP contribution in [0.25, 0.3) is 122 Å². The van der Waals surface area contributed by atoms with Crippen LogP contribution in [0.4, 0.5) is 34.1 Å². The van der Waals surface area contributed by atoms with Gasteiger partial charge in [0.2, 0.25) is 11.8 Å². The highest BCUT2D eigenvalue weighted by atomic mass is 79.9. The summed E-state index contributed by atoms with van der Waals surface area (Å²) in [4.78, 5) is 14.2. The molecule has 1 fully saturated rings. The molecule has 0 spiro atoms. The Hall–Kier alpha value is -12.4. The van der Waals surface area contributed by atoms with Crippen LogP contribution >= 0.6 is 15.9 Å². The van der Waals surface area contributed by atoms with E-state index in [0.29, 0.717) is 11.8 Å². The molecule has 510 valence electrons. The van der Waals surface area contributed by atoms with Crippen molar-refractivity contribution in [1.29, 1.82) is 0 Å². The lowest BCUT2D eigenvalue weighted by atomic mass is 9.78. The number of rotatable bonds is 12. The van der Waals surface area contributed by atoms with Gasteiger partial charge < -0.3 is 27.9 Å². The molecule has 0 radical (unpaired) electrons. The third kappa shape index (κ3) is 13.4. The Bertz CT molecular complexity index is 6110. The SMILES string of the molecule is Brc1ccc(N(c2ccccc2)c2ccc(-c3ccccc3)cc2)cc1.CC1(C)OB(c2ccc3ccc4ccc5nc(-c6ccccc6)oc5c4c3c2)OC1(C)C.c1ccc(-c2ccc(N(c3ccccc3)c3ccc(-c4ccc5ccc6ccc7nc(-c8ccccc8)oc7c6c5c4)cc3)cc2)cc1. The molecule has 0 unspecified atom stereocenters. The maximum atomic E-state index is 6.46. The molecule has 0 aliphatic carbocycles. The first kappa shape index (κ1) is 66.8. The Balaban J connectivity index is 0.000000124. The maximum Gasteiger partial charge on any atom is 0.494 e. The molecule has 1 aliphatic rings. The van der Waals surface area contributed by atoms with Crippen LogP contribution in [0.15, 0.2) is 377 Å². The first-order valence-electron chi connectivity index (χ1n) is 35.8. The standard InChI is InChI=1S/C45H30N2O.C27H24BNO3.C24H18BrN/c1-4-10-31(11-5-1)32-20-25-39(26-21-32)47(38-14-8-3-9-15-38)40-27-22-33(23-28-40)37-19-17-34-16-18-35-24-29-42-44(43(35)41(34)30-37)48-45(46-42)36-12-6-2-7-13-36;1-26(2)27(3,4)32-28(31-26)20-14-12-17-10-11-18-13-15-22-24(23(18)21(17)16-20)30-25(29-22)19-8-6-5-7-9-19;25-21-13-17-24(18-14-21)26(22-9-5-2-6-10-22)23-15-11-20(12-16-23)19-7-3-1-4-8-19/h1-30H;5-16H,1-4H3;1-18H. The normalized spacial score (nSPS) is 13.0. The summed E-state index contributed by atoms with van der Waals surface area (Å²) in [6.07, 6.45) is 0. The van der Waals surface area contributed by atoms with Gasteiger partial charge in [0.05, 0.1) is 11.2 Å². The fraction of sp³-hybridized carbons (Fsp3) is 0.0625. The Morgan fingerprint density at radius 3 is 0.981 bits per heavy atom. The number of halogens is 1. The minimum absolute atomic E-state index is 0.381. The lowest BCUT2D eigenvalue weighted by Crippen LogP contribution is -2.41. The van der Waals surface area contributed by atoms with Crippen molar-refractivity contribution in [1.82, 2.24) is 9.97 Å². The first-order chi connectivity index (χ1) is 51.9. The van der Waals surface area contributed by atoms with Gasteiger partial charge in [-0.2, -0.15) is 0 Å². The van der Waals surface area contributed by atoms with Gasteiger partial charge in [0, 0.05) is 60.5 Å². The fourth-order valence-electron chi connectivity index (χ4n) is 14.1. The van der Waals surface area contributed by atoms with Crippen molar-refractivity contribution in [3.8, 4) is 56.3 Å². The Labute approximate surface area is 625 Å².